The number of pyridine rings is 1. The summed E-state index contributed by atoms with van der Waals surface area (Å²) in [4.78, 5) is 15.6. The number of hydrogen-bond donors (Lipinski definition) is 2. The molecule has 1 aliphatic rings. The molecule has 1 unspecified atom stereocenters. The van der Waals surface area contributed by atoms with E-state index in [1.165, 1.54) is 0 Å². The molecule has 0 saturated carbocycles. The van der Waals surface area contributed by atoms with Crippen LogP contribution >= 0.6 is 12.2 Å². The predicted molar refractivity (Wildman–Crippen MR) is 63.1 cm³/mol. The molecule has 6 heteroatoms. The Morgan fingerprint density at radius 2 is 2.50 bits per heavy atom. The van der Waals surface area contributed by atoms with Crippen LogP contribution in [0.4, 0.5) is 5.82 Å². The van der Waals surface area contributed by atoms with E-state index in [0.29, 0.717) is 24.4 Å². The first-order valence-corrected chi connectivity index (χ1v) is 5.27. The van der Waals surface area contributed by atoms with Crippen LogP contribution in [0.25, 0.3) is 0 Å². The van der Waals surface area contributed by atoms with Crippen LogP contribution in [0.2, 0.25) is 0 Å². The average molecular weight is 237 g/mol. The third-order valence-corrected chi connectivity index (χ3v) is 2.54. The molecule has 0 aromatic carbocycles. The van der Waals surface area contributed by atoms with Gasteiger partial charge in [0.15, 0.2) is 0 Å². The minimum Gasteiger partial charge on any atom is -0.464 e. The summed E-state index contributed by atoms with van der Waals surface area (Å²) < 4.78 is 4.84. The van der Waals surface area contributed by atoms with E-state index in [0.717, 1.165) is 0 Å². The second kappa shape index (κ2) is 4.44. The Kier molecular flexibility index (Phi) is 3.00. The molecule has 2 heterocycles. The molecule has 0 spiro atoms. The lowest BCUT2D eigenvalue weighted by Gasteiger charge is -2.12. The lowest BCUT2D eigenvalue weighted by atomic mass is 10.2. The first-order valence-electron chi connectivity index (χ1n) is 4.86. The van der Waals surface area contributed by atoms with Gasteiger partial charge in [-0.25, -0.2) is 9.78 Å². The highest BCUT2D eigenvalue weighted by molar-refractivity contribution is 7.80. The second-order valence-electron chi connectivity index (χ2n) is 3.42. The first kappa shape index (κ1) is 10.8. The van der Waals surface area contributed by atoms with Gasteiger partial charge in [-0.2, -0.15) is 0 Å². The summed E-state index contributed by atoms with van der Waals surface area (Å²) in [5.41, 5.74) is 6.20. The number of esters is 1. The molecule has 0 aliphatic carbocycles. The van der Waals surface area contributed by atoms with Gasteiger partial charge in [-0.05, 0) is 12.1 Å². The third kappa shape index (κ3) is 2.11. The van der Waals surface area contributed by atoms with Crippen LogP contribution in [-0.4, -0.2) is 28.6 Å². The molecule has 1 saturated heterocycles. The van der Waals surface area contributed by atoms with E-state index in [1.54, 1.807) is 18.3 Å². The summed E-state index contributed by atoms with van der Waals surface area (Å²) in [7, 11) is 0. The maximum Gasteiger partial charge on any atom is 0.328 e. The fourth-order valence-corrected chi connectivity index (χ4v) is 1.68. The molecule has 1 aliphatic heterocycles. The molecule has 2 rings (SSSR count). The van der Waals surface area contributed by atoms with Gasteiger partial charge in [-0.1, -0.05) is 12.2 Å². The number of hydrogen-bond acceptors (Lipinski definition) is 5. The smallest absolute Gasteiger partial charge is 0.328 e. The fraction of sp³-hybridized carbons (Fsp3) is 0.300. The monoisotopic (exact) mass is 237 g/mol. The summed E-state index contributed by atoms with van der Waals surface area (Å²) >= 11 is 4.90. The Bertz CT molecular complexity index is 436. The van der Waals surface area contributed by atoms with Crippen molar-refractivity contribution in [2.45, 2.75) is 12.5 Å². The number of nitrogens with one attached hydrogen (secondary N) is 1. The quantitative estimate of drug-likeness (QED) is 0.587. The van der Waals surface area contributed by atoms with Crippen molar-refractivity contribution in [3.63, 3.8) is 0 Å². The average Bonchev–Trinajstić information content (AvgIpc) is 2.65. The van der Waals surface area contributed by atoms with E-state index in [4.69, 9.17) is 22.7 Å². The zero-order chi connectivity index (χ0) is 11.5. The van der Waals surface area contributed by atoms with Gasteiger partial charge in [0, 0.05) is 12.6 Å². The predicted octanol–water partition coefficient (Wildman–Crippen LogP) is 0.443. The molecule has 1 fully saturated rings. The molecule has 16 heavy (non-hydrogen) atoms. The van der Waals surface area contributed by atoms with Gasteiger partial charge >= 0.3 is 5.97 Å². The highest BCUT2D eigenvalue weighted by Crippen LogP contribution is 2.16. The topological polar surface area (TPSA) is 77.2 Å². The van der Waals surface area contributed by atoms with Crippen molar-refractivity contribution in [3.8, 4) is 0 Å². The van der Waals surface area contributed by atoms with Crippen LogP contribution in [0.3, 0.4) is 0 Å². The van der Waals surface area contributed by atoms with Gasteiger partial charge < -0.3 is 15.8 Å². The van der Waals surface area contributed by atoms with Crippen LogP contribution in [0.5, 0.6) is 0 Å². The van der Waals surface area contributed by atoms with E-state index in [-0.39, 0.29) is 17.0 Å². The number of aromatic nitrogens is 1. The Labute approximate surface area is 98.0 Å². The van der Waals surface area contributed by atoms with Crippen LogP contribution in [0.1, 0.15) is 12.0 Å². The van der Waals surface area contributed by atoms with Gasteiger partial charge in [-0.15, -0.1) is 0 Å². The minimum absolute atomic E-state index is 0.252. The SMILES string of the molecule is NC(=S)c1cccnc1NC1CCOC1=O. The van der Waals surface area contributed by atoms with Gasteiger partial charge in [0.05, 0.1) is 12.2 Å². The van der Waals surface area contributed by atoms with E-state index < -0.39 is 0 Å². The lowest BCUT2D eigenvalue weighted by Crippen LogP contribution is -2.26. The number of carbonyl (C=O) groups excluding carboxylic acids is 1. The van der Waals surface area contributed by atoms with E-state index in [2.05, 4.69) is 10.3 Å². The van der Waals surface area contributed by atoms with E-state index >= 15 is 0 Å². The molecular weight excluding hydrogens is 226 g/mol. The molecule has 0 bridgehead atoms. The van der Waals surface area contributed by atoms with Gasteiger partial charge in [0.1, 0.15) is 16.8 Å². The molecule has 1 aromatic heterocycles. The van der Waals surface area contributed by atoms with Crippen LogP contribution in [0.15, 0.2) is 18.3 Å². The standard InChI is InChI=1S/C10H11N3O2S/c11-8(16)6-2-1-4-12-9(6)13-7-3-5-15-10(7)14/h1-2,4,7H,3,5H2,(H2,11,16)(H,12,13). The highest BCUT2D eigenvalue weighted by Gasteiger charge is 2.27. The Balaban J connectivity index is 2.20. The Morgan fingerprint density at radius 3 is 3.12 bits per heavy atom. The van der Waals surface area contributed by atoms with Crippen molar-refractivity contribution in [3.05, 3.63) is 23.9 Å². The zero-order valence-corrected chi connectivity index (χ0v) is 9.29. The third-order valence-electron chi connectivity index (χ3n) is 2.32. The van der Waals surface area contributed by atoms with Crippen molar-refractivity contribution in [1.82, 2.24) is 4.98 Å². The molecule has 3 N–H and O–H groups in total. The summed E-state index contributed by atoms with van der Waals surface area (Å²) in [6.07, 6.45) is 2.25. The van der Waals surface area contributed by atoms with Crippen LogP contribution < -0.4 is 11.1 Å². The van der Waals surface area contributed by atoms with Crippen molar-refractivity contribution in [2.24, 2.45) is 5.73 Å². The molecule has 84 valence electrons. The van der Waals surface area contributed by atoms with E-state index in [9.17, 15) is 4.79 Å². The Morgan fingerprint density at radius 1 is 1.69 bits per heavy atom. The number of cyclic esters (lactones) is 1. The summed E-state index contributed by atoms with van der Waals surface area (Å²) in [5, 5.41) is 2.99. The summed E-state index contributed by atoms with van der Waals surface area (Å²) in [5.74, 6) is 0.262. The summed E-state index contributed by atoms with van der Waals surface area (Å²) in [6.45, 7) is 0.436. The molecule has 0 amide bonds. The van der Waals surface area contributed by atoms with Crippen molar-refractivity contribution in [1.29, 1.82) is 0 Å². The lowest BCUT2D eigenvalue weighted by molar-refractivity contribution is -0.138. The maximum atomic E-state index is 11.3. The fourth-order valence-electron chi connectivity index (χ4n) is 1.51. The largest absolute Gasteiger partial charge is 0.464 e. The van der Waals surface area contributed by atoms with Gasteiger partial charge in [0.2, 0.25) is 0 Å². The zero-order valence-electron chi connectivity index (χ0n) is 8.47. The number of nitrogens with zero attached hydrogens (tertiary/aromatic N) is 1. The number of rotatable bonds is 3. The van der Waals surface area contributed by atoms with Gasteiger partial charge in [-0.3, -0.25) is 0 Å². The van der Waals surface area contributed by atoms with Crippen molar-refractivity contribution >= 4 is 29.0 Å². The number of carbonyl (C=O) groups is 1. The number of nitrogens with two attached hydrogens (primary N) is 1. The molecular formula is C10H11N3O2S. The Hall–Kier alpha value is -1.69. The molecule has 0 radical (unpaired) electrons. The van der Waals surface area contributed by atoms with Crippen LogP contribution in [0, 0.1) is 0 Å². The second-order valence-corrected chi connectivity index (χ2v) is 3.86. The number of anilines is 1. The minimum atomic E-state index is -0.358. The maximum absolute atomic E-state index is 11.3. The van der Waals surface area contributed by atoms with Crippen molar-refractivity contribution in [2.75, 3.05) is 11.9 Å². The highest BCUT2D eigenvalue weighted by atomic mass is 32.1. The van der Waals surface area contributed by atoms with E-state index in [1.807, 2.05) is 0 Å². The molecule has 1 atom stereocenters. The van der Waals surface area contributed by atoms with Crippen LogP contribution in [-0.2, 0) is 9.53 Å². The van der Waals surface area contributed by atoms with Gasteiger partial charge in [0.25, 0.3) is 0 Å². The van der Waals surface area contributed by atoms with Crippen molar-refractivity contribution < 1.29 is 9.53 Å². The summed E-state index contributed by atoms with van der Waals surface area (Å²) in [6, 6.07) is 3.15. The number of ether oxygens (including phenoxy) is 1. The molecule has 5 nitrogen and oxygen atoms in total. The number of thiocarbonyl (C=S) groups is 1. The first-order chi connectivity index (χ1) is 7.68. The normalized spacial score (nSPS) is 19.2. The molecule has 1 aromatic rings.